The van der Waals surface area contributed by atoms with E-state index in [1.807, 2.05) is 30.3 Å². The van der Waals surface area contributed by atoms with Crippen molar-refractivity contribution in [2.24, 2.45) is 0 Å². The molecule has 30 heavy (non-hydrogen) atoms. The summed E-state index contributed by atoms with van der Waals surface area (Å²) in [5, 5.41) is 21.4. The average Bonchev–Trinajstić information content (AvgIpc) is 3.28. The molecular weight excluding hydrogens is 406 g/mol. The van der Waals surface area contributed by atoms with Crippen molar-refractivity contribution in [1.82, 2.24) is 14.5 Å². The average molecular weight is 430 g/mol. The molecule has 10 heteroatoms. The third-order valence-electron chi connectivity index (χ3n) is 4.76. The van der Waals surface area contributed by atoms with E-state index in [2.05, 4.69) is 15.5 Å². The van der Waals surface area contributed by atoms with E-state index in [-0.39, 0.29) is 16.3 Å². The monoisotopic (exact) mass is 429 g/mol. The molecule has 0 unspecified atom stereocenters. The first-order valence-corrected chi connectivity index (χ1v) is 10.9. The zero-order valence-corrected chi connectivity index (χ0v) is 17.5. The Kier molecular flexibility index (Phi) is 6.48. The van der Waals surface area contributed by atoms with E-state index in [9.17, 15) is 18.5 Å². The zero-order valence-electron chi connectivity index (χ0n) is 16.7. The minimum absolute atomic E-state index is 0.0904. The van der Waals surface area contributed by atoms with E-state index < -0.39 is 14.9 Å². The van der Waals surface area contributed by atoms with Crippen LogP contribution in [0.2, 0.25) is 0 Å². The lowest BCUT2D eigenvalue weighted by Crippen LogP contribution is -2.30. The summed E-state index contributed by atoms with van der Waals surface area (Å²) in [6.07, 6.45) is 1.67. The molecule has 3 aromatic rings. The highest BCUT2D eigenvalue weighted by Gasteiger charge is 2.25. The Morgan fingerprint density at radius 3 is 2.37 bits per heavy atom. The van der Waals surface area contributed by atoms with Crippen LogP contribution in [0.1, 0.15) is 19.4 Å². The number of hydrogen-bond acceptors (Lipinski definition) is 6. The number of aromatic amines is 1. The molecule has 0 bridgehead atoms. The van der Waals surface area contributed by atoms with Gasteiger partial charge in [0, 0.05) is 31.9 Å². The minimum atomic E-state index is -3.77. The number of nitro benzene ring substituents is 1. The maximum Gasteiger partial charge on any atom is 0.293 e. The van der Waals surface area contributed by atoms with Gasteiger partial charge in [-0.2, -0.15) is 9.40 Å². The first kappa shape index (κ1) is 21.5. The van der Waals surface area contributed by atoms with Crippen LogP contribution in [0.4, 0.5) is 11.4 Å². The number of benzene rings is 2. The second-order valence-electron chi connectivity index (χ2n) is 6.55. The van der Waals surface area contributed by atoms with Crippen molar-refractivity contribution in [3.8, 4) is 11.3 Å². The highest BCUT2D eigenvalue weighted by atomic mass is 32.2. The largest absolute Gasteiger partial charge is 0.375 e. The van der Waals surface area contributed by atoms with Gasteiger partial charge in [-0.05, 0) is 29.3 Å². The molecule has 2 N–H and O–H groups in total. The van der Waals surface area contributed by atoms with E-state index in [1.165, 1.54) is 16.4 Å². The van der Waals surface area contributed by atoms with Crippen LogP contribution in [0.5, 0.6) is 0 Å². The van der Waals surface area contributed by atoms with Gasteiger partial charge < -0.3 is 5.32 Å². The van der Waals surface area contributed by atoms with E-state index >= 15 is 0 Å². The van der Waals surface area contributed by atoms with Crippen molar-refractivity contribution in [3.05, 3.63) is 70.4 Å². The van der Waals surface area contributed by atoms with Crippen molar-refractivity contribution < 1.29 is 13.3 Å². The Morgan fingerprint density at radius 2 is 1.80 bits per heavy atom. The van der Waals surface area contributed by atoms with Crippen LogP contribution in [-0.4, -0.2) is 40.9 Å². The Labute approximate surface area is 174 Å². The second kappa shape index (κ2) is 9.06. The van der Waals surface area contributed by atoms with E-state index in [4.69, 9.17) is 0 Å². The number of nitrogens with zero attached hydrogens (tertiary/aromatic N) is 3. The topological polar surface area (TPSA) is 121 Å². The number of H-pyrrole nitrogens is 1. The van der Waals surface area contributed by atoms with Crippen LogP contribution in [0.25, 0.3) is 11.3 Å². The van der Waals surface area contributed by atoms with Gasteiger partial charge in [-0.25, -0.2) is 8.42 Å². The first-order chi connectivity index (χ1) is 14.4. The smallest absolute Gasteiger partial charge is 0.293 e. The van der Waals surface area contributed by atoms with Crippen molar-refractivity contribution in [3.63, 3.8) is 0 Å². The summed E-state index contributed by atoms with van der Waals surface area (Å²) in [6.45, 7) is 4.39. The van der Waals surface area contributed by atoms with E-state index in [0.29, 0.717) is 19.6 Å². The SMILES string of the molecule is CCN(CC)S(=O)(=O)c1ccc(NCc2ccc(-c3ccn[nH]3)cc2)c([N+](=O)[O-])c1. The van der Waals surface area contributed by atoms with Crippen molar-refractivity contribution >= 4 is 21.4 Å². The molecule has 0 atom stereocenters. The molecule has 9 nitrogen and oxygen atoms in total. The summed E-state index contributed by atoms with van der Waals surface area (Å²) in [4.78, 5) is 10.9. The molecule has 0 saturated heterocycles. The molecule has 0 radical (unpaired) electrons. The maximum absolute atomic E-state index is 12.7. The number of nitrogens with one attached hydrogen (secondary N) is 2. The number of anilines is 1. The fraction of sp³-hybridized carbons (Fsp3) is 0.250. The standard InChI is InChI=1S/C20H23N5O4S/c1-3-24(4-2)30(28,29)17-9-10-19(20(13-17)25(26)27)21-14-15-5-7-16(8-6-15)18-11-12-22-23-18/h5-13,21H,3-4,14H2,1-2H3,(H,22,23). The molecule has 0 aliphatic carbocycles. The molecule has 0 saturated carbocycles. The highest BCUT2D eigenvalue weighted by Crippen LogP contribution is 2.29. The Balaban J connectivity index is 1.80. The second-order valence-corrected chi connectivity index (χ2v) is 8.48. The molecule has 0 amide bonds. The number of rotatable bonds is 9. The number of sulfonamides is 1. The van der Waals surface area contributed by atoms with E-state index in [0.717, 1.165) is 22.9 Å². The molecule has 158 valence electrons. The summed E-state index contributed by atoms with van der Waals surface area (Å²) in [7, 11) is -3.77. The lowest BCUT2D eigenvalue weighted by atomic mass is 10.1. The third kappa shape index (κ3) is 4.50. The predicted molar refractivity (Wildman–Crippen MR) is 115 cm³/mol. The molecule has 3 rings (SSSR count). The highest BCUT2D eigenvalue weighted by molar-refractivity contribution is 7.89. The molecule has 1 aromatic heterocycles. The van der Waals surface area contributed by atoms with Crippen molar-refractivity contribution in [2.75, 3.05) is 18.4 Å². The number of nitro groups is 1. The maximum atomic E-state index is 12.7. The van der Waals surface area contributed by atoms with Crippen LogP contribution in [0.3, 0.4) is 0 Å². The molecule has 0 fully saturated rings. The van der Waals surface area contributed by atoms with Gasteiger partial charge in [-0.3, -0.25) is 15.2 Å². The van der Waals surface area contributed by atoms with Gasteiger partial charge in [0.25, 0.3) is 5.69 Å². The fourth-order valence-electron chi connectivity index (χ4n) is 3.10. The Hall–Kier alpha value is -3.24. The summed E-state index contributed by atoms with van der Waals surface area (Å²) < 4.78 is 26.6. The van der Waals surface area contributed by atoms with Crippen LogP contribution in [0, 0.1) is 10.1 Å². The van der Waals surface area contributed by atoms with Crippen LogP contribution >= 0.6 is 0 Å². The predicted octanol–water partition coefficient (Wildman–Crippen LogP) is 3.63. The summed E-state index contributed by atoms with van der Waals surface area (Å²) >= 11 is 0. The Morgan fingerprint density at radius 1 is 1.10 bits per heavy atom. The van der Waals surface area contributed by atoms with Gasteiger partial charge in [0.15, 0.2) is 0 Å². The lowest BCUT2D eigenvalue weighted by molar-refractivity contribution is -0.384. The molecular formula is C20H23N5O4S. The molecule has 2 aromatic carbocycles. The van der Waals surface area contributed by atoms with Crippen molar-refractivity contribution in [1.29, 1.82) is 0 Å². The first-order valence-electron chi connectivity index (χ1n) is 9.48. The van der Waals surface area contributed by atoms with Crippen LogP contribution < -0.4 is 5.32 Å². The van der Waals surface area contributed by atoms with Gasteiger partial charge in [0.2, 0.25) is 10.0 Å². The van der Waals surface area contributed by atoms with Gasteiger partial charge >= 0.3 is 0 Å². The molecule has 0 aliphatic rings. The van der Waals surface area contributed by atoms with Gasteiger partial charge in [-0.1, -0.05) is 38.1 Å². The van der Waals surface area contributed by atoms with Gasteiger partial charge in [0.05, 0.1) is 15.5 Å². The number of aromatic nitrogens is 2. The zero-order chi connectivity index (χ0) is 21.7. The molecule has 0 aliphatic heterocycles. The fourth-order valence-corrected chi connectivity index (χ4v) is 4.58. The molecule has 1 heterocycles. The third-order valence-corrected chi connectivity index (χ3v) is 6.80. The Bertz CT molecular complexity index is 1110. The quantitative estimate of drug-likeness (QED) is 0.396. The number of hydrogen-bond donors (Lipinski definition) is 2. The summed E-state index contributed by atoms with van der Waals surface area (Å²) in [5.74, 6) is 0. The molecule has 0 spiro atoms. The normalized spacial score (nSPS) is 11.6. The van der Waals surface area contributed by atoms with Gasteiger partial charge in [-0.15, -0.1) is 0 Å². The summed E-state index contributed by atoms with van der Waals surface area (Å²) in [5.41, 5.74) is 2.78. The van der Waals surface area contributed by atoms with Gasteiger partial charge in [0.1, 0.15) is 5.69 Å². The minimum Gasteiger partial charge on any atom is -0.375 e. The van der Waals surface area contributed by atoms with Crippen LogP contribution in [0.15, 0.2) is 59.6 Å². The van der Waals surface area contributed by atoms with Crippen molar-refractivity contribution in [2.45, 2.75) is 25.3 Å². The van der Waals surface area contributed by atoms with Crippen LogP contribution in [-0.2, 0) is 16.6 Å². The lowest BCUT2D eigenvalue weighted by Gasteiger charge is -2.18. The van der Waals surface area contributed by atoms with E-state index in [1.54, 1.807) is 20.0 Å². The summed E-state index contributed by atoms with van der Waals surface area (Å²) in [6, 6.07) is 13.5.